The predicted molar refractivity (Wildman–Crippen MR) is 371 cm³/mol. The zero-order valence-corrected chi connectivity index (χ0v) is 60.4. The van der Waals surface area contributed by atoms with Gasteiger partial charge in [0.15, 0.2) is 0 Å². The van der Waals surface area contributed by atoms with Crippen LogP contribution in [0.1, 0.15) is 276 Å². The van der Waals surface area contributed by atoms with E-state index in [9.17, 15) is 14.4 Å². The molecule has 4 atom stereocenters. The van der Waals surface area contributed by atoms with Crippen molar-refractivity contribution in [3.63, 3.8) is 0 Å². The van der Waals surface area contributed by atoms with E-state index in [1.807, 2.05) is 42.5 Å². The minimum Gasteiger partial charge on any atom is -0.425 e. The van der Waals surface area contributed by atoms with E-state index in [2.05, 4.69) is 233 Å². The summed E-state index contributed by atoms with van der Waals surface area (Å²) in [7, 11) is -2.62. The third-order valence-electron chi connectivity index (χ3n) is 18.3. The molecule has 0 spiro atoms. The molecule has 6 aromatic carbocycles. The summed E-state index contributed by atoms with van der Waals surface area (Å²) in [4.78, 5) is 44.6. The Balaban J connectivity index is 1.28. The van der Waals surface area contributed by atoms with Gasteiger partial charge in [-0.15, -0.1) is 0 Å². The van der Waals surface area contributed by atoms with Crippen molar-refractivity contribution in [1.29, 1.82) is 0 Å². The lowest BCUT2D eigenvalue weighted by Crippen LogP contribution is -2.25. The standard InChI is InChI=1S/C81H105O9P/c1-25-78(17,18)51-28-34-61-57(40-51)67(70(82)85-61)55-38-49(44-73(2,3)4)26-32-64(55)88-91(89-65-33-27-50(45-74(5,6)7)39-56(65)68-58-41-52(29-35-62(58)86-71(68)83)79(19,20)46-75(8,9)10)90-66-37-31-54(81(23,24)48-77(14,15)16)43-60(66)69-59-42-53(30-36-63(59)87-72(69)84)80(21,22)47-76(11,12)13/h26-43,67-69H,25,44-48H2,1-24H3. The molecular formula is C81H105O9P. The monoisotopic (exact) mass is 1250 g/mol. The highest BCUT2D eigenvalue weighted by atomic mass is 31.2. The van der Waals surface area contributed by atoms with Crippen LogP contribution < -0.4 is 27.8 Å². The van der Waals surface area contributed by atoms with Crippen LogP contribution in [0.25, 0.3) is 0 Å². The molecule has 0 fully saturated rings. The summed E-state index contributed by atoms with van der Waals surface area (Å²) >= 11 is 0. The second-order valence-electron chi connectivity index (χ2n) is 35.4. The second-order valence-corrected chi connectivity index (χ2v) is 36.4. The summed E-state index contributed by atoms with van der Waals surface area (Å²) in [5, 5.41) is 0. The number of esters is 3. The van der Waals surface area contributed by atoms with E-state index < -0.39 is 44.3 Å². The molecule has 9 nitrogen and oxygen atoms in total. The van der Waals surface area contributed by atoms with Crippen LogP contribution in [-0.2, 0) is 48.9 Å². The number of hydrogen-bond donors (Lipinski definition) is 0. The SMILES string of the molecule is CCC(C)(C)c1ccc2c(c1)C(c1cc(CC(C)(C)C)ccc1OP(Oc1ccc(CC(C)(C)C)cc1C1C(=O)Oc3ccc(C(C)(C)CC(C)(C)C)cc31)Oc1ccc(C(C)(C)CC(C)(C)C)cc1C1C(=O)Oc3ccc(C(C)(C)CC(C)(C)C)cc31)C(=O)O2. The molecule has 91 heavy (non-hydrogen) atoms. The summed E-state index contributed by atoms with van der Waals surface area (Å²) in [6, 6.07) is 36.7. The van der Waals surface area contributed by atoms with Crippen molar-refractivity contribution in [1.82, 2.24) is 0 Å². The first-order valence-electron chi connectivity index (χ1n) is 33.1. The lowest BCUT2D eigenvalue weighted by molar-refractivity contribution is -0.134. The number of rotatable bonds is 19. The molecule has 3 aliphatic rings. The Kier molecular flexibility index (Phi) is 18.5. The van der Waals surface area contributed by atoms with Gasteiger partial charge in [0.1, 0.15) is 52.3 Å². The van der Waals surface area contributed by atoms with Gasteiger partial charge in [0.2, 0.25) is 0 Å². The fourth-order valence-corrected chi connectivity index (χ4v) is 16.0. The number of carbonyl (C=O) groups is 3. The molecule has 0 amide bonds. The summed E-state index contributed by atoms with van der Waals surface area (Å²) < 4.78 is 41.0. The van der Waals surface area contributed by atoms with Gasteiger partial charge in [-0.1, -0.05) is 239 Å². The fourth-order valence-electron chi connectivity index (χ4n) is 15.0. The molecule has 0 aliphatic carbocycles. The summed E-state index contributed by atoms with van der Waals surface area (Å²) in [5.74, 6) is -1.24. The van der Waals surface area contributed by atoms with Gasteiger partial charge in [0.25, 0.3) is 0 Å². The first-order chi connectivity index (χ1) is 41.8. The van der Waals surface area contributed by atoms with E-state index in [-0.39, 0.29) is 48.7 Å². The third kappa shape index (κ3) is 16.0. The summed E-state index contributed by atoms with van der Waals surface area (Å²) in [6.45, 7) is 53.6. The van der Waals surface area contributed by atoms with Crippen molar-refractivity contribution in [3.8, 4) is 34.5 Å². The van der Waals surface area contributed by atoms with Crippen LogP contribution >= 0.6 is 8.60 Å². The van der Waals surface area contributed by atoms with Gasteiger partial charge in [-0.2, -0.15) is 0 Å². The summed E-state index contributed by atoms with van der Waals surface area (Å²) in [5.41, 5.74) is 9.28. The fraction of sp³-hybridized carbons (Fsp3) is 0.519. The van der Waals surface area contributed by atoms with Gasteiger partial charge in [-0.05, 0) is 157 Å². The minimum atomic E-state index is -2.62. The van der Waals surface area contributed by atoms with E-state index in [0.717, 1.165) is 75.8 Å². The molecule has 0 N–H and O–H groups in total. The van der Waals surface area contributed by atoms with Crippen LogP contribution in [0.5, 0.6) is 34.5 Å². The number of fused-ring (bicyclic) bond motifs is 3. The Labute approximate surface area is 547 Å². The lowest BCUT2D eigenvalue weighted by Gasteiger charge is -2.34. The van der Waals surface area contributed by atoms with Crippen molar-refractivity contribution in [2.45, 2.75) is 244 Å². The molecule has 9 rings (SSSR count). The summed E-state index contributed by atoms with van der Waals surface area (Å²) in [6.07, 6.45) is 4.98. The molecular weight excluding hydrogens is 1150 g/mol. The highest BCUT2D eigenvalue weighted by Gasteiger charge is 2.45. The van der Waals surface area contributed by atoms with Crippen molar-refractivity contribution in [2.24, 2.45) is 27.1 Å². The van der Waals surface area contributed by atoms with Gasteiger partial charge < -0.3 is 27.8 Å². The van der Waals surface area contributed by atoms with Crippen LogP contribution in [0.4, 0.5) is 0 Å². The number of ether oxygens (including phenoxy) is 3. The van der Waals surface area contributed by atoms with Crippen molar-refractivity contribution in [2.75, 3.05) is 0 Å². The Bertz CT molecular complexity index is 3750. The Morgan fingerprint density at radius 2 is 0.593 bits per heavy atom. The van der Waals surface area contributed by atoms with Gasteiger partial charge in [0.05, 0.1) is 0 Å². The Morgan fingerprint density at radius 1 is 0.330 bits per heavy atom. The van der Waals surface area contributed by atoms with E-state index >= 15 is 0 Å². The largest absolute Gasteiger partial charge is 0.530 e. The molecule has 3 heterocycles. The first kappa shape index (κ1) is 68.9. The molecule has 488 valence electrons. The zero-order valence-electron chi connectivity index (χ0n) is 59.5. The molecule has 10 heteroatoms. The average Bonchev–Trinajstić information content (AvgIpc) is 1.69. The van der Waals surface area contributed by atoms with E-state index in [1.165, 1.54) is 0 Å². The quantitative estimate of drug-likeness (QED) is 0.0445. The van der Waals surface area contributed by atoms with E-state index in [0.29, 0.717) is 64.0 Å². The molecule has 0 bridgehead atoms. The first-order valence-corrected chi connectivity index (χ1v) is 34.2. The maximum atomic E-state index is 15.0. The minimum absolute atomic E-state index is 0.0297. The molecule has 0 radical (unpaired) electrons. The molecule has 0 aromatic heterocycles. The Hall–Kier alpha value is -6.44. The van der Waals surface area contributed by atoms with Crippen LogP contribution in [0, 0.1) is 27.1 Å². The Morgan fingerprint density at radius 3 is 0.879 bits per heavy atom. The lowest BCUT2D eigenvalue weighted by atomic mass is 9.71. The number of benzene rings is 6. The van der Waals surface area contributed by atoms with Crippen LogP contribution in [0.2, 0.25) is 0 Å². The molecule has 0 saturated carbocycles. The molecule has 0 saturated heterocycles. The second kappa shape index (κ2) is 24.5. The van der Waals surface area contributed by atoms with Crippen molar-refractivity contribution in [3.05, 3.63) is 176 Å². The molecule has 4 unspecified atom stereocenters. The smallest absolute Gasteiger partial charge is 0.425 e. The van der Waals surface area contributed by atoms with Crippen LogP contribution in [-0.4, -0.2) is 17.9 Å². The van der Waals surface area contributed by atoms with Gasteiger partial charge in [-0.3, -0.25) is 14.4 Å². The third-order valence-corrected chi connectivity index (χ3v) is 19.3. The van der Waals surface area contributed by atoms with E-state index in [1.54, 1.807) is 0 Å². The van der Waals surface area contributed by atoms with Crippen LogP contribution in [0.15, 0.2) is 109 Å². The van der Waals surface area contributed by atoms with Gasteiger partial charge in [-0.25, -0.2) is 0 Å². The van der Waals surface area contributed by atoms with Crippen molar-refractivity contribution >= 4 is 26.5 Å². The number of hydrogen-bond acceptors (Lipinski definition) is 9. The number of carbonyl (C=O) groups excluding carboxylic acids is 3. The maximum absolute atomic E-state index is 15.0. The highest BCUT2D eigenvalue weighted by Crippen LogP contribution is 2.55. The highest BCUT2D eigenvalue weighted by molar-refractivity contribution is 7.43. The van der Waals surface area contributed by atoms with Crippen molar-refractivity contribution < 1.29 is 42.2 Å². The maximum Gasteiger partial charge on any atom is 0.530 e. The predicted octanol–water partition coefficient (Wildman–Crippen LogP) is 21.6. The van der Waals surface area contributed by atoms with E-state index in [4.69, 9.17) is 27.8 Å². The van der Waals surface area contributed by atoms with Gasteiger partial charge >= 0.3 is 26.5 Å². The normalized spacial score (nSPS) is 17.7. The van der Waals surface area contributed by atoms with Gasteiger partial charge in [0, 0.05) is 33.4 Å². The zero-order chi connectivity index (χ0) is 67.1. The average molecular weight is 1250 g/mol. The molecule has 6 aromatic rings. The topological polar surface area (TPSA) is 107 Å². The molecule has 3 aliphatic heterocycles. The van der Waals surface area contributed by atoms with Crippen LogP contribution in [0.3, 0.4) is 0 Å².